The molecule has 0 saturated heterocycles. The van der Waals surface area contributed by atoms with Crippen LogP contribution in [0.3, 0.4) is 0 Å². The Labute approximate surface area is 115 Å². The van der Waals surface area contributed by atoms with Crippen molar-refractivity contribution in [3.63, 3.8) is 0 Å². The van der Waals surface area contributed by atoms with Crippen molar-refractivity contribution in [3.05, 3.63) is 18.2 Å². The van der Waals surface area contributed by atoms with Crippen molar-refractivity contribution >= 4 is 38.3 Å². The van der Waals surface area contributed by atoms with Crippen LogP contribution in [-0.4, -0.2) is 23.0 Å². The van der Waals surface area contributed by atoms with Crippen molar-refractivity contribution in [2.75, 3.05) is 11.1 Å². The van der Waals surface area contributed by atoms with Gasteiger partial charge in [0.25, 0.3) is 0 Å². The molecule has 2 aromatic rings. The van der Waals surface area contributed by atoms with Gasteiger partial charge in [-0.2, -0.15) is 0 Å². The molecular formula is C13H16N4OS. The molecule has 3 rings (SSSR count). The minimum absolute atomic E-state index is 0.0290. The van der Waals surface area contributed by atoms with Gasteiger partial charge in [-0.15, -0.1) is 0 Å². The van der Waals surface area contributed by atoms with E-state index < -0.39 is 0 Å². The first kappa shape index (κ1) is 12.2. The number of carbonyl (C=O) groups excluding carboxylic acids is 1. The van der Waals surface area contributed by atoms with E-state index in [4.69, 9.17) is 5.73 Å². The summed E-state index contributed by atoms with van der Waals surface area (Å²) >= 11 is 1.51. The summed E-state index contributed by atoms with van der Waals surface area (Å²) in [6, 6.07) is 5.72. The number of benzene rings is 1. The van der Waals surface area contributed by atoms with E-state index in [1.165, 1.54) is 11.3 Å². The van der Waals surface area contributed by atoms with Crippen LogP contribution in [-0.2, 0) is 4.79 Å². The van der Waals surface area contributed by atoms with E-state index in [9.17, 15) is 4.79 Å². The highest BCUT2D eigenvalue weighted by atomic mass is 32.1. The predicted octanol–water partition coefficient (Wildman–Crippen LogP) is 1.96. The van der Waals surface area contributed by atoms with Crippen LogP contribution in [0, 0.1) is 0 Å². The van der Waals surface area contributed by atoms with E-state index >= 15 is 0 Å². The average molecular weight is 276 g/mol. The first-order valence-electron chi connectivity index (χ1n) is 6.35. The van der Waals surface area contributed by atoms with Crippen molar-refractivity contribution in [1.82, 2.24) is 10.3 Å². The van der Waals surface area contributed by atoms with Crippen LogP contribution in [0.2, 0.25) is 0 Å². The van der Waals surface area contributed by atoms with Crippen molar-refractivity contribution < 1.29 is 4.79 Å². The molecule has 0 bridgehead atoms. The maximum absolute atomic E-state index is 11.9. The molecule has 1 unspecified atom stereocenters. The van der Waals surface area contributed by atoms with E-state index in [1.807, 2.05) is 25.1 Å². The summed E-state index contributed by atoms with van der Waals surface area (Å²) in [5, 5.41) is 6.86. The molecule has 4 N–H and O–H groups in total. The number of nitrogens with two attached hydrogens (primary N) is 1. The second kappa shape index (κ2) is 4.70. The van der Waals surface area contributed by atoms with E-state index in [0.29, 0.717) is 6.04 Å². The second-order valence-corrected chi connectivity index (χ2v) is 5.93. The van der Waals surface area contributed by atoms with E-state index in [1.54, 1.807) is 0 Å². The Hall–Kier alpha value is -1.82. The fourth-order valence-corrected chi connectivity index (χ4v) is 2.81. The third kappa shape index (κ3) is 2.78. The zero-order valence-electron chi connectivity index (χ0n) is 10.6. The number of rotatable bonds is 4. The summed E-state index contributed by atoms with van der Waals surface area (Å²) in [6.07, 6.45) is 2.19. The Morgan fingerprint density at radius 3 is 3.05 bits per heavy atom. The Morgan fingerprint density at radius 1 is 1.53 bits per heavy atom. The Bertz CT molecular complexity index is 620. The quantitative estimate of drug-likeness (QED) is 0.746. The molecule has 0 spiro atoms. The number of aromatic nitrogens is 1. The van der Waals surface area contributed by atoms with Crippen LogP contribution in [0.4, 0.5) is 10.8 Å². The van der Waals surface area contributed by atoms with Crippen molar-refractivity contribution in [2.45, 2.75) is 31.8 Å². The topological polar surface area (TPSA) is 80.0 Å². The minimum Gasteiger partial charge on any atom is -0.399 e. The SMILES string of the molecule is CC(Nc1nc2ccc(N)cc2s1)C(=O)NC1CC1. The normalized spacial score (nSPS) is 16.3. The molecule has 1 saturated carbocycles. The highest BCUT2D eigenvalue weighted by molar-refractivity contribution is 7.22. The van der Waals surface area contributed by atoms with Crippen molar-refractivity contribution in [1.29, 1.82) is 0 Å². The molecule has 100 valence electrons. The van der Waals surface area contributed by atoms with Gasteiger partial charge < -0.3 is 16.4 Å². The molecule has 1 fully saturated rings. The zero-order valence-corrected chi connectivity index (χ0v) is 11.5. The first-order valence-corrected chi connectivity index (χ1v) is 7.16. The Balaban J connectivity index is 1.71. The lowest BCUT2D eigenvalue weighted by molar-refractivity contribution is -0.121. The van der Waals surface area contributed by atoms with Gasteiger partial charge in [-0.1, -0.05) is 11.3 Å². The standard InChI is InChI=1S/C13H16N4OS/c1-7(12(18)16-9-3-4-9)15-13-17-10-5-2-8(14)6-11(10)19-13/h2,5-7,9H,3-4,14H2,1H3,(H,15,17)(H,16,18). The summed E-state index contributed by atoms with van der Waals surface area (Å²) in [5.74, 6) is 0.0290. The molecule has 1 atom stereocenters. The summed E-state index contributed by atoms with van der Waals surface area (Å²) in [5.41, 5.74) is 7.36. The van der Waals surface area contributed by atoms with Gasteiger partial charge in [0.1, 0.15) is 6.04 Å². The fraction of sp³-hybridized carbons (Fsp3) is 0.385. The smallest absolute Gasteiger partial charge is 0.242 e. The van der Waals surface area contributed by atoms with Crippen LogP contribution >= 0.6 is 11.3 Å². The summed E-state index contributed by atoms with van der Waals surface area (Å²) < 4.78 is 1.03. The molecule has 1 aromatic heterocycles. The van der Waals surface area contributed by atoms with Gasteiger partial charge in [-0.05, 0) is 38.0 Å². The van der Waals surface area contributed by atoms with Crippen LogP contribution < -0.4 is 16.4 Å². The Morgan fingerprint density at radius 2 is 2.32 bits per heavy atom. The predicted molar refractivity (Wildman–Crippen MR) is 78.3 cm³/mol. The van der Waals surface area contributed by atoms with Gasteiger partial charge >= 0.3 is 0 Å². The number of carbonyl (C=O) groups is 1. The molecule has 0 aliphatic heterocycles. The van der Waals surface area contributed by atoms with Crippen LogP contribution in [0.15, 0.2) is 18.2 Å². The molecule has 6 heteroatoms. The first-order chi connectivity index (χ1) is 9.11. The lowest BCUT2D eigenvalue weighted by Crippen LogP contribution is -2.38. The van der Waals surface area contributed by atoms with Gasteiger partial charge in [0.15, 0.2) is 5.13 Å². The van der Waals surface area contributed by atoms with E-state index in [0.717, 1.165) is 33.9 Å². The molecule has 5 nitrogen and oxygen atoms in total. The number of hydrogen-bond donors (Lipinski definition) is 3. The van der Waals surface area contributed by atoms with Gasteiger partial charge in [0.2, 0.25) is 5.91 Å². The van der Waals surface area contributed by atoms with E-state index in [-0.39, 0.29) is 11.9 Å². The maximum Gasteiger partial charge on any atom is 0.242 e. The van der Waals surface area contributed by atoms with Gasteiger partial charge in [-0.25, -0.2) is 4.98 Å². The molecule has 0 radical (unpaired) electrons. The van der Waals surface area contributed by atoms with Gasteiger partial charge in [-0.3, -0.25) is 4.79 Å². The van der Waals surface area contributed by atoms with Crippen LogP contribution in [0.1, 0.15) is 19.8 Å². The molecule has 1 heterocycles. The highest BCUT2D eigenvalue weighted by Crippen LogP contribution is 2.28. The molecule has 1 aromatic carbocycles. The third-order valence-electron chi connectivity index (χ3n) is 3.07. The van der Waals surface area contributed by atoms with Gasteiger partial charge in [0.05, 0.1) is 10.2 Å². The Kier molecular flexibility index (Phi) is 3.02. The number of hydrogen-bond acceptors (Lipinski definition) is 5. The summed E-state index contributed by atoms with van der Waals surface area (Å²) in [7, 11) is 0. The monoisotopic (exact) mass is 276 g/mol. The van der Waals surface area contributed by atoms with Crippen molar-refractivity contribution in [2.24, 2.45) is 0 Å². The number of fused-ring (bicyclic) bond motifs is 1. The molecule has 1 amide bonds. The molecule has 1 aliphatic carbocycles. The number of nitrogens with zero attached hydrogens (tertiary/aromatic N) is 1. The number of nitrogens with one attached hydrogen (secondary N) is 2. The highest BCUT2D eigenvalue weighted by Gasteiger charge is 2.25. The summed E-state index contributed by atoms with van der Waals surface area (Å²) in [6.45, 7) is 1.85. The number of thiazole rings is 1. The van der Waals surface area contributed by atoms with Crippen LogP contribution in [0.5, 0.6) is 0 Å². The zero-order chi connectivity index (χ0) is 13.4. The number of amides is 1. The molecular weight excluding hydrogens is 260 g/mol. The van der Waals surface area contributed by atoms with Crippen molar-refractivity contribution in [3.8, 4) is 0 Å². The van der Waals surface area contributed by atoms with Crippen LogP contribution in [0.25, 0.3) is 10.2 Å². The lowest BCUT2D eigenvalue weighted by Gasteiger charge is -2.12. The third-order valence-corrected chi connectivity index (χ3v) is 4.02. The molecule has 1 aliphatic rings. The largest absolute Gasteiger partial charge is 0.399 e. The minimum atomic E-state index is -0.279. The van der Waals surface area contributed by atoms with Gasteiger partial charge in [0, 0.05) is 11.7 Å². The lowest BCUT2D eigenvalue weighted by atomic mass is 10.3. The molecule has 19 heavy (non-hydrogen) atoms. The van der Waals surface area contributed by atoms with E-state index in [2.05, 4.69) is 15.6 Å². The maximum atomic E-state index is 11.9. The summed E-state index contributed by atoms with van der Waals surface area (Å²) in [4.78, 5) is 16.3. The second-order valence-electron chi connectivity index (χ2n) is 4.90. The number of nitrogen functional groups attached to an aromatic ring is 1. The fourth-order valence-electron chi connectivity index (χ4n) is 1.81. The number of anilines is 2. The average Bonchev–Trinajstić information content (AvgIpc) is 3.08.